The molecule has 0 saturated carbocycles. The number of ether oxygens (including phenoxy) is 2. The largest absolute Gasteiger partial charge is 0.462 e. The zero-order valence-electron chi connectivity index (χ0n) is 26.3. The van der Waals surface area contributed by atoms with E-state index in [0.717, 1.165) is 12.8 Å². The zero-order chi connectivity index (χ0) is 31.4. The van der Waals surface area contributed by atoms with Crippen molar-refractivity contribution < 1.29 is 34.4 Å². The second-order valence-corrected chi connectivity index (χ2v) is 12.4. The number of amides is 1. The molecule has 0 aromatic rings. The fraction of sp³-hybridized carbons (Fsp3) is 0.697. The Hall–Kier alpha value is -2.42. The highest BCUT2D eigenvalue weighted by Gasteiger charge is 2.40. The number of hydrogen-bond donors (Lipinski definition) is 4. The van der Waals surface area contributed by atoms with Crippen LogP contribution < -0.4 is 5.73 Å². The number of carbonyl (C=O) groups is 2. The lowest BCUT2D eigenvalue weighted by molar-refractivity contribution is -0.179. The van der Waals surface area contributed by atoms with Crippen molar-refractivity contribution in [2.75, 3.05) is 0 Å². The van der Waals surface area contributed by atoms with Gasteiger partial charge in [0.25, 0.3) is 0 Å². The van der Waals surface area contributed by atoms with Crippen LogP contribution in [0.3, 0.4) is 0 Å². The lowest BCUT2D eigenvalue weighted by Crippen LogP contribution is -2.47. The number of primary amides is 1. The molecule has 0 spiro atoms. The highest BCUT2D eigenvalue weighted by molar-refractivity contribution is 5.73. The monoisotopic (exact) mass is 577 g/mol. The molecule has 0 aliphatic carbocycles. The molecule has 12 atom stereocenters. The molecule has 234 valence electrons. The van der Waals surface area contributed by atoms with Gasteiger partial charge in [-0.15, -0.1) is 0 Å². The number of allylic oxidation sites excluding steroid dienone is 3. The van der Waals surface area contributed by atoms with Gasteiger partial charge in [-0.1, -0.05) is 90.2 Å². The van der Waals surface area contributed by atoms with Crippen molar-refractivity contribution in [3.8, 4) is 0 Å². The number of carbonyl (C=O) groups excluding carboxylic acids is 2. The number of aliphatic hydroxyl groups is 3. The number of hydrogen-bond acceptors (Lipinski definition) is 7. The van der Waals surface area contributed by atoms with Crippen molar-refractivity contribution in [1.82, 2.24) is 0 Å². The molecule has 1 rings (SSSR count). The molecule has 41 heavy (non-hydrogen) atoms. The van der Waals surface area contributed by atoms with E-state index in [1.54, 1.807) is 25.2 Å². The highest BCUT2D eigenvalue weighted by atomic mass is 16.6. The van der Waals surface area contributed by atoms with Crippen LogP contribution in [0.25, 0.3) is 0 Å². The fourth-order valence-electron chi connectivity index (χ4n) is 5.91. The summed E-state index contributed by atoms with van der Waals surface area (Å²) in [6, 6.07) is 0. The van der Waals surface area contributed by atoms with E-state index in [9.17, 15) is 24.9 Å². The summed E-state index contributed by atoms with van der Waals surface area (Å²) in [5.74, 6) is -1.20. The first-order valence-electron chi connectivity index (χ1n) is 14.9. The molecule has 0 bridgehead atoms. The van der Waals surface area contributed by atoms with E-state index < -0.39 is 42.4 Å². The summed E-state index contributed by atoms with van der Waals surface area (Å²) in [6.45, 7) is 19.3. The lowest BCUT2D eigenvalue weighted by Gasteiger charge is -2.36. The van der Waals surface area contributed by atoms with Gasteiger partial charge < -0.3 is 30.5 Å². The fourth-order valence-corrected chi connectivity index (χ4v) is 5.91. The van der Waals surface area contributed by atoms with Gasteiger partial charge >= 0.3 is 12.1 Å². The molecule has 1 heterocycles. The zero-order valence-corrected chi connectivity index (χ0v) is 26.3. The third kappa shape index (κ3) is 12.1. The molecule has 0 aromatic carbocycles. The number of aliphatic hydroxyl groups excluding tert-OH is 3. The topological polar surface area (TPSA) is 139 Å². The van der Waals surface area contributed by atoms with Crippen LogP contribution in [0, 0.1) is 41.4 Å². The summed E-state index contributed by atoms with van der Waals surface area (Å²) in [5.41, 5.74) is 6.50. The van der Waals surface area contributed by atoms with Gasteiger partial charge in [-0.05, 0) is 38.5 Å². The van der Waals surface area contributed by atoms with Crippen molar-refractivity contribution >= 4 is 12.1 Å². The molecule has 7 unspecified atom stereocenters. The maximum atomic E-state index is 12.0. The third-order valence-electron chi connectivity index (χ3n) is 8.34. The van der Waals surface area contributed by atoms with Crippen molar-refractivity contribution in [1.29, 1.82) is 0 Å². The molecule has 1 aliphatic rings. The Morgan fingerprint density at radius 2 is 1.71 bits per heavy atom. The maximum Gasteiger partial charge on any atom is 0.404 e. The first-order valence-corrected chi connectivity index (χ1v) is 14.9. The molecular weight excluding hydrogens is 522 g/mol. The van der Waals surface area contributed by atoms with Crippen LogP contribution >= 0.6 is 0 Å². The smallest absolute Gasteiger partial charge is 0.404 e. The Labute approximate surface area is 247 Å². The third-order valence-corrected chi connectivity index (χ3v) is 8.34. The predicted molar refractivity (Wildman–Crippen MR) is 163 cm³/mol. The van der Waals surface area contributed by atoms with Crippen molar-refractivity contribution in [3.05, 3.63) is 48.6 Å². The van der Waals surface area contributed by atoms with Crippen LogP contribution in [0.1, 0.15) is 74.7 Å². The lowest BCUT2D eigenvalue weighted by atomic mass is 9.83. The Morgan fingerprint density at radius 3 is 2.29 bits per heavy atom. The molecular formula is C33H55NO7. The Balaban J connectivity index is 2.68. The second-order valence-electron chi connectivity index (χ2n) is 12.4. The van der Waals surface area contributed by atoms with Crippen LogP contribution in [0.5, 0.6) is 0 Å². The van der Waals surface area contributed by atoms with Gasteiger partial charge in [-0.2, -0.15) is 0 Å². The Morgan fingerprint density at radius 1 is 1.07 bits per heavy atom. The van der Waals surface area contributed by atoms with Crippen molar-refractivity contribution in [3.63, 3.8) is 0 Å². The first-order chi connectivity index (χ1) is 19.1. The summed E-state index contributed by atoms with van der Waals surface area (Å²) in [7, 11) is 0. The van der Waals surface area contributed by atoms with E-state index in [4.69, 9.17) is 15.2 Å². The van der Waals surface area contributed by atoms with Crippen LogP contribution in [-0.2, 0) is 14.3 Å². The van der Waals surface area contributed by atoms with Gasteiger partial charge in [0.2, 0.25) is 0 Å². The van der Waals surface area contributed by atoms with Crippen LogP contribution in [0.15, 0.2) is 48.6 Å². The number of cyclic esters (lactones) is 1. The van der Waals surface area contributed by atoms with Crippen molar-refractivity contribution in [2.24, 2.45) is 47.2 Å². The average molecular weight is 578 g/mol. The normalized spacial score (nSPS) is 27.9. The molecule has 8 heteroatoms. The van der Waals surface area contributed by atoms with E-state index in [2.05, 4.69) is 33.4 Å². The summed E-state index contributed by atoms with van der Waals surface area (Å²) < 4.78 is 10.9. The minimum absolute atomic E-state index is 0.000976. The predicted octanol–water partition coefficient (Wildman–Crippen LogP) is 5.33. The first kappa shape index (κ1) is 36.6. The van der Waals surface area contributed by atoms with Gasteiger partial charge in [0.05, 0.1) is 24.2 Å². The van der Waals surface area contributed by atoms with Crippen LogP contribution in [-0.4, -0.2) is 57.9 Å². The minimum atomic E-state index is -0.863. The SMILES string of the molecule is C=C/C=C\[C@H](C)C(OC(N)=O)C(C)CC(C)C/C(C)=C\C(C)C(O)[C@@H](C)/C=C\[C@@H](O)C[C@@H]1OC(=O)[C@H](C)C(O)C1C. The maximum absolute atomic E-state index is 12.0. The van der Waals surface area contributed by atoms with E-state index >= 15 is 0 Å². The number of rotatable bonds is 16. The highest BCUT2D eigenvalue weighted by Crippen LogP contribution is 2.30. The summed E-state index contributed by atoms with van der Waals surface area (Å²) in [6.07, 6.45) is 8.88. The molecule has 0 radical (unpaired) electrons. The van der Waals surface area contributed by atoms with Gasteiger partial charge in [0.15, 0.2) is 0 Å². The van der Waals surface area contributed by atoms with Gasteiger partial charge in [0.1, 0.15) is 12.2 Å². The summed E-state index contributed by atoms with van der Waals surface area (Å²) >= 11 is 0. The summed E-state index contributed by atoms with van der Waals surface area (Å²) in [4.78, 5) is 23.5. The van der Waals surface area contributed by atoms with E-state index in [-0.39, 0.29) is 42.1 Å². The van der Waals surface area contributed by atoms with Crippen molar-refractivity contribution in [2.45, 2.75) is 105 Å². The second kappa shape index (κ2) is 17.5. The molecule has 0 aromatic heterocycles. The number of esters is 1. The minimum Gasteiger partial charge on any atom is -0.462 e. The summed E-state index contributed by atoms with van der Waals surface area (Å²) in [5, 5.41) is 31.7. The molecule has 8 nitrogen and oxygen atoms in total. The van der Waals surface area contributed by atoms with Gasteiger partial charge in [0, 0.05) is 30.1 Å². The van der Waals surface area contributed by atoms with Crippen LogP contribution in [0.2, 0.25) is 0 Å². The van der Waals surface area contributed by atoms with E-state index in [1.807, 2.05) is 39.8 Å². The average Bonchev–Trinajstić information content (AvgIpc) is 2.89. The number of nitrogens with two attached hydrogens (primary N) is 1. The van der Waals surface area contributed by atoms with E-state index in [1.165, 1.54) is 5.57 Å². The quantitative estimate of drug-likeness (QED) is 0.110. The molecule has 1 fully saturated rings. The van der Waals surface area contributed by atoms with E-state index in [0.29, 0.717) is 5.92 Å². The molecule has 1 amide bonds. The van der Waals surface area contributed by atoms with Gasteiger partial charge in [-0.3, -0.25) is 4.79 Å². The standard InChI is InChI=1S/C33H55NO7/c1-10-11-12-22(5)31(41-33(34)39)24(7)17-20(3)15-19(2)16-23(6)29(36)21(4)13-14-27(35)18-28-25(8)30(37)26(9)32(38)40-28/h10-14,16,20-31,35-37H,1,15,17-18H2,2-9H3,(H2,34,39)/b12-11-,14-13-,19-16-/t20?,21-,22-,23?,24?,25?,26+,27+,28-,29?,30?,31?/m0/s1. The van der Waals surface area contributed by atoms with Gasteiger partial charge in [-0.25, -0.2) is 4.79 Å². The molecule has 1 aliphatic heterocycles. The molecule has 5 N–H and O–H groups in total. The van der Waals surface area contributed by atoms with Crippen LogP contribution in [0.4, 0.5) is 4.79 Å². The Bertz CT molecular complexity index is 929. The Kier molecular flexibility index (Phi) is 15.6. The molecule has 1 saturated heterocycles.